The Bertz CT molecular complexity index is 1610. The van der Waals surface area contributed by atoms with Crippen LogP contribution in [0.15, 0.2) is 42.7 Å². The Morgan fingerprint density at radius 2 is 2.07 bits per heavy atom. The van der Waals surface area contributed by atoms with Crippen molar-refractivity contribution in [3.63, 3.8) is 0 Å². The van der Waals surface area contributed by atoms with E-state index in [9.17, 15) is 9.90 Å². The molecular formula is C28H30Cl3N9O3. The van der Waals surface area contributed by atoms with Gasteiger partial charge in [-0.3, -0.25) is 4.79 Å². The summed E-state index contributed by atoms with van der Waals surface area (Å²) in [4.78, 5) is 21.1. The van der Waals surface area contributed by atoms with Gasteiger partial charge in [-0.2, -0.15) is 4.68 Å². The number of tetrazole rings is 1. The number of carbonyl (C=O) groups is 1. The molecule has 4 aromatic rings. The number of aromatic nitrogens is 6. The predicted molar refractivity (Wildman–Crippen MR) is 166 cm³/mol. The summed E-state index contributed by atoms with van der Waals surface area (Å²) in [5.74, 6) is 0.523. The molecule has 5 N–H and O–H groups in total. The molecule has 2 aromatic carbocycles. The summed E-state index contributed by atoms with van der Waals surface area (Å²) in [7, 11) is 1.38. The third-order valence-corrected chi connectivity index (χ3v) is 7.84. The first-order valence-corrected chi connectivity index (χ1v) is 14.7. The van der Waals surface area contributed by atoms with Crippen LogP contribution in [0.2, 0.25) is 15.2 Å². The van der Waals surface area contributed by atoms with Crippen molar-refractivity contribution in [2.75, 3.05) is 24.3 Å². The van der Waals surface area contributed by atoms with E-state index in [1.807, 2.05) is 0 Å². The van der Waals surface area contributed by atoms with E-state index >= 15 is 0 Å². The van der Waals surface area contributed by atoms with Crippen LogP contribution < -0.4 is 16.0 Å². The highest BCUT2D eigenvalue weighted by molar-refractivity contribution is 6.34. The number of halogens is 3. The Labute approximate surface area is 262 Å². The molecule has 2 aromatic heterocycles. The van der Waals surface area contributed by atoms with E-state index in [1.165, 1.54) is 24.2 Å². The second-order valence-electron chi connectivity index (χ2n) is 10.2. The highest BCUT2D eigenvalue weighted by Crippen LogP contribution is 2.39. The van der Waals surface area contributed by atoms with Gasteiger partial charge in [0.1, 0.15) is 23.0 Å². The van der Waals surface area contributed by atoms with Gasteiger partial charge in [0, 0.05) is 41.6 Å². The fraction of sp³-hybridized carbons (Fsp3) is 0.321. The lowest BCUT2D eigenvalue weighted by molar-refractivity contribution is -0.117. The summed E-state index contributed by atoms with van der Waals surface area (Å²) in [6.45, 7) is 2.83. The number of hydrogen-bond acceptors (Lipinski definition) is 9. The average molecular weight is 647 g/mol. The zero-order valence-electron chi connectivity index (χ0n) is 23.3. The molecule has 1 aliphatic rings. The standard InChI is InChI=1S/C28H30Cl3N9O3/c1-15-4-3-5-20(34-24(41)9-6-16-10-17(29)7-8-23(16)40-14-33-38-39-40)27-36-25(26(31)37-27)18-11-19(30)22(35-28(42)43-2)12-21(18)32-13-15/h6-12,14-15,20,28,32,35,42H,3-5,13H2,1-2H3,(H,34,41)(H,36,37). The summed E-state index contributed by atoms with van der Waals surface area (Å²) < 4.78 is 6.40. The zero-order chi connectivity index (χ0) is 30.5. The first-order chi connectivity index (χ1) is 20.7. The number of H-pyrrole nitrogens is 1. The number of amides is 1. The number of nitrogens with one attached hydrogen (secondary N) is 4. The lowest BCUT2D eigenvalue weighted by atomic mass is 10.00. The number of hydrogen-bond donors (Lipinski definition) is 5. The van der Waals surface area contributed by atoms with Crippen LogP contribution in [0.4, 0.5) is 11.4 Å². The number of ether oxygens (including phenoxy) is 1. The van der Waals surface area contributed by atoms with E-state index in [4.69, 9.17) is 44.5 Å². The van der Waals surface area contributed by atoms with Crippen LogP contribution in [0.1, 0.15) is 43.6 Å². The van der Waals surface area contributed by atoms with Gasteiger partial charge in [-0.1, -0.05) is 48.1 Å². The molecule has 3 unspecified atom stereocenters. The number of nitrogens with zero attached hydrogens (tertiary/aromatic N) is 5. The van der Waals surface area contributed by atoms with Crippen LogP contribution in [0, 0.1) is 5.92 Å². The average Bonchev–Trinajstić information content (AvgIpc) is 3.65. The maximum atomic E-state index is 13.2. The van der Waals surface area contributed by atoms with Crippen molar-refractivity contribution in [1.29, 1.82) is 0 Å². The topological polar surface area (TPSA) is 155 Å². The van der Waals surface area contributed by atoms with Gasteiger partial charge in [-0.05, 0) is 65.6 Å². The molecular weight excluding hydrogens is 617 g/mol. The monoisotopic (exact) mass is 645 g/mol. The first-order valence-electron chi connectivity index (χ1n) is 13.5. The van der Waals surface area contributed by atoms with Crippen LogP contribution in [0.5, 0.6) is 0 Å². The summed E-state index contributed by atoms with van der Waals surface area (Å²) in [5, 5.41) is 31.7. The molecule has 1 aliphatic heterocycles. The van der Waals surface area contributed by atoms with Gasteiger partial charge in [0.2, 0.25) is 12.3 Å². The van der Waals surface area contributed by atoms with Gasteiger partial charge in [0.15, 0.2) is 0 Å². The molecule has 0 radical (unpaired) electrons. The summed E-state index contributed by atoms with van der Waals surface area (Å²) in [5.41, 5.74) is 3.69. The molecule has 2 bridgehead atoms. The highest BCUT2D eigenvalue weighted by Gasteiger charge is 2.24. The van der Waals surface area contributed by atoms with E-state index in [0.717, 1.165) is 18.5 Å². The molecule has 0 fully saturated rings. The zero-order valence-corrected chi connectivity index (χ0v) is 25.6. The van der Waals surface area contributed by atoms with Crippen molar-refractivity contribution in [3.05, 3.63) is 69.3 Å². The number of anilines is 2. The number of carbonyl (C=O) groups excluding carboxylic acids is 1. The Kier molecular flexibility index (Phi) is 9.83. The number of rotatable bonds is 7. The van der Waals surface area contributed by atoms with Crippen LogP contribution in [0.25, 0.3) is 23.0 Å². The largest absolute Gasteiger partial charge is 0.384 e. The molecule has 0 spiro atoms. The van der Waals surface area contributed by atoms with E-state index in [2.05, 4.69) is 43.4 Å². The Morgan fingerprint density at radius 3 is 2.84 bits per heavy atom. The summed E-state index contributed by atoms with van der Waals surface area (Å²) >= 11 is 19.5. The van der Waals surface area contributed by atoms with Gasteiger partial charge in [-0.25, -0.2) is 4.98 Å². The molecule has 5 rings (SSSR count). The molecule has 0 saturated carbocycles. The van der Waals surface area contributed by atoms with Crippen LogP contribution in [-0.2, 0) is 9.53 Å². The minimum Gasteiger partial charge on any atom is -0.384 e. The molecule has 0 aliphatic carbocycles. The van der Waals surface area contributed by atoms with Crippen molar-refractivity contribution in [2.24, 2.45) is 5.92 Å². The van der Waals surface area contributed by atoms with Crippen molar-refractivity contribution < 1.29 is 14.6 Å². The smallest absolute Gasteiger partial charge is 0.244 e. The molecule has 1 amide bonds. The number of aromatic amines is 1. The second-order valence-corrected chi connectivity index (χ2v) is 11.4. The second kappa shape index (κ2) is 13.7. The van der Waals surface area contributed by atoms with Crippen molar-refractivity contribution in [3.8, 4) is 16.9 Å². The SMILES string of the molecule is COC(O)Nc1cc2c(cc1Cl)-c1nc([nH]c1Cl)C(NC(=O)C=Cc1cc(Cl)ccc1-n1cnnn1)CCCC(C)CN2. The number of aliphatic hydroxyl groups is 1. The van der Waals surface area contributed by atoms with Crippen molar-refractivity contribution in [1.82, 2.24) is 35.5 Å². The lowest BCUT2D eigenvalue weighted by Crippen LogP contribution is -2.28. The predicted octanol–water partition coefficient (Wildman–Crippen LogP) is 5.45. The van der Waals surface area contributed by atoms with Gasteiger partial charge >= 0.3 is 0 Å². The lowest BCUT2D eigenvalue weighted by Gasteiger charge is -2.21. The van der Waals surface area contributed by atoms with Gasteiger partial charge in [0.05, 0.1) is 22.4 Å². The molecule has 12 nitrogen and oxygen atoms in total. The molecule has 3 heterocycles. The van der Waals surface area contributed by atoms with Crippen molar-refractivity contribution >= 4 is 58.2 Å². The fourth-order valence-electron chi connectivity index (χ4n) is 4.79. The molecule has 15 heteroatoms. The van der Waals surface area contributed by atoms with Gasteiger partial charge in [0.25, 0.3) is 0 Å². The molecule has 226 valence electrons. The number of fused-ring (bicyclic) bond motifs is 4. The number of benzene rings is 2. The molecule has 3 atom stereocenters. The number of imidazole rings is 1. The first kappa shape index (κ1) is 30.8. The fourth-order valence-corrected chi connectivity index (χ4v) is 5.43. The molecule has 43 heavy (non-hydrogen) atoms. The van der Waals surface area contributed by atoms with E-state index in [0.29, 0.717) is 68.1 Å². The van der Waals surface area contributed by atoms with Gasteiger partial charge < -0.3 is 30.8 Å². The summed E-state index contributed by atoms with van der Waals surface area (Å²) in [6, 6.07) is 8.30. The van der Waals surface area contributed by atoms with Crippen LogP contribution in [-0.4, -0.2) is 61.3 Å². The van der Waals surface area contributed by atoms with Crippen LogP contribution >= 0.6 is 34.8 Å². The quantitative estimate of drug-likeness (QED) is 0.130. The van der Waals surface area contributed by atoms with E-state index < -0.39 is 12.5 Å². The van der Waals surface area contributed by atoms with Crippen molar-refractivity contribution in [2.45, 2.75) is 38.6 Å². The Balaban J connectivity index is 1.43. The Morgan fingerprint density at radius 1 is 1.23 bits per heavy atom. The molecule has 0 saturated heterocycles. The maximum absolute atomic E-state index is 13.2. The maximum Gasteiger partial charge on any atom is 0.244 e. The minimum absolute atomic E-state index is 0.304. The van der Waals surface area contributed by atoms with E-state index in [1.54, 1.807) is 36.4 Å². The third-order valence-electron chi connectivity index (χ3n) is 7.02. The third kappa shape index (κ3) is 7.46. The highest BCUT2D eigenvalue weighted by atomic mass is 35.5. The minimum atomic E-state index is -1.23. The van der Waals surface area contributed by atoms with E-state index in [-0.39, 0.29) is 5.91 Å². The van der Waals surface area contributed by atoms with Crippen LogP contribution in [0.3, 0.4) is 0 Å². The van der Waals surface area contributed by atoms with Gasteiger partial charge in [-0.15, -0.1) is 5.10 Å². The Hall–Kier alpha value is -3.68. The number of methoxy groups -OCH3 is 1. The summed E-state index contributed by atoms with van der Waals surface area (Å²) in [6.07, 6.45) is 5.72. The normalized spacial score (nSPS) is 17.8. The number of aliphatic hydroxyl groups excluding tert-OH is 1.